The smallest absolute Gasteiger partial charge is 0.225 e. The zero-order valence-electron chi connectivity index (χ0n) is 15.6. The van der Waals surface area contributed by atoms with Crippen LogP contribution in [0.15, 0.2) is 49.1 Å². The zero-order valence-corrected chi connectivity index (χ0v) is 15.6. The minimum absolute atomic E-state index is 0.677. The Bertz CT molecular complexity index is 932. The quantitative estimate of drug-likeness (QED) is 0.719. The summed E-state index contributed by atoms with van der Waals surface area (Å²) in [5.41, 5.74) is 4.33. The van der Waals surface area contributed by atoms with Crippen molar-refractivity contribution in [2.24, 2.45) is 0 Å². The van der Waals surface area contributed by atoms with Gasteiger partial charge in [-0.15, -0.1) is 0 Å². The predicted molar refractivity (Wildman–Crippen MR) is 106 cm³/mol. The van der Waals surface area contributed by atoms with E-state index in [4.69, 9.17) is 0 Å². The molecule has 2 aliphatic rings. The third kappa shape index (κ3) is 3.21. The van der Waals surface area contributed by atoms with Crippen molar-refractivity contribution < 1.29 is 0 Å². The van der Waals surface area contributed by atoms with Gasteiger partial charge in [0.15, 0.2) is 0 Å². The van der Waals surface area contributed by atoms with Gasteiger partial charge in [-0.2, -0.15) is 5.10 Å². The molecule has 1 atom stereocenters. The molecule has 4 heterocycles. The molecule has 138 valence electrons. The number of anilines is 1. The Morgan fingerprint density at radius 2 is 1.89 bits per heavy atom. The molecule has 0 aliphatic carbocycles. The first kappa shape index (κ1) is 16.4. The van der Waals surface area contributed by atoms with Crippen molar-refractivity contribution in [3.05, 3.63) is 54.6 Å². The fraction of sp³-hybridized carbons (Fsp3) is 0.381. The van der Waals surface area contributed by atoms with Crippen LogP contribution in [-0.2, 0) is 0 Å². The second kappa shape index (κ2) is 6.78. The van der Waals surface area contributed by atoms with Gasteiger partial charge in [-0.05, 0) is 49.6 Å². The van der Waals surface area contributed by atoms with Crippen LogP contribution in [0.4, 0.5) is 5.95 Å². The molecule has 6 nitrogen and oxygen atoms in total. The van der Waals surface area contributed by atoms with Gasteiger partial charge in [-0.1, -0.05) is 12.1 Å². The Labute approximate surface area is 159 Å². The lowest BCUT2D eigenvalue weighted by Crippen LogP contribution is -2.50. The van der Waals surface area contributed by atoms with E-state index in [2.05, 4.69) is 49.1 Å². The Morgan fingerprint density at radius 1 is 1.00 bits per heavy atom. The van der Waals surface area contributed by atoms with Gasteiger partial charge in [0.2, 0.25) is 5.95 Å². The van der Waals surface area contributed by atoms with Gasteiger partial charge >= 0.3 is 0 Å². The molecule has 0 bridgehead atoms. The second-order valence-corrected chi connectivity index (χ2v) is 7.56. The van der Waals surface area contributed by atoms with Crippen molar-refractivity contribution in [1.82, 2.24) is 24.6 Å². The van der Waals surface area contributed by atoms with Crippen LogP contribution in [0, 0.1) is 6.92 Å². The first-order valence-electron chi connectivity index (χ1n) is 9.69. The number of aromatic nitrogens is 4. The number of rotatable bonds is 3. The maximum atomic E-state index is 4.67. The number of nitrogens with zero attached hydrogens (tertiary/aromatic N) is 6. The fourth-order valence-corrected chi connectivity index (χ4v) is 4.19. The molecule has 2 saturated heterocycles. The topological polar surface area (TPSA) is 50.1 Å². The first-order chi connectivity index (χ1) is 13.3. The van der Waals surface area contributed by atoms with Crippen molar-refractivity contribution in [3.8, 4) is 16.8 Å². The molecule has 3 aromatic rings. The van der Waals surface area contributed by atoms with E-state index >= 15 is 0 Å². The highest BCUT2D eigenvalue weighted by Crippen LogP contribution is 2.25. The van der Waals surface area contributed by atoms with Crippen LogP contribution in [0.1, 0.15) is 18.4 Å². The standard InChI is InChI=1S/C21H24N6/c1-16-11-24-27(14-16)19-5-2-4-17(10-19)18-12-22-21(23-13-18)26-9-8-25-7-3-6-20(25)15-26/h2,4-5,10-14,20H,3,6-9,15H2,1H3. The maximum Gasteiger partial charge on any atom is 0.225 e. The van der Waals surface area contributed by atoms with Crippen LogP contribution >= 0.6 is 0 Å². The molecular weight excluding hydrogens is 336 g/mol. The van der Waals surface area contributed by atoms with Gasteiger partial charge in [-0.3, -0.25) is 4.90 Å². The molecule has 2 aliphatic heterocycles. The SMILES string of the molecule is Cc1cnn(-c2cccc(-c3cnc(N4CCN5CCCC5C4)nc3)c2)c1. The third-order valence-corrected chi connectivity index (χ3v) is 5.66. The average Bonchev–Trinajstić information content (AvgIpc) is 3.36. The van der Waals surface area contributed by atoms with E-state index in [1.54, 1.807) is 0 Å². The van der Waals surface area contributed by atoms with Crippen LogP contribution in [0.3, 0.4) is 0 Å². The first-order valence-corrected chi connectivity index (χ1v) is 9.69. The Kier molecular flexibility index (Phi) is 4.13. The van der Waals surface area contributed by atoms with Gasteiger partial charge in [0.05, 0.1) is 11.9 Å². The van der Waals surface area contributed by atoms with Crippen molar-refractivity contribution in [2.75, 3.05) is 31.1 Å². The van der Waals surface area contributed by atoms with Gasteiger partial charge in [-0.25, -0.2) is 14.6 Å². The summed E-state index contributed by atoms with van der Waals surface area (Å²) < 4.78 is 1.90. The summed E-state index contributed by atoms with van der Waals surface area (Å²) in [7, 11) is 0. The van der Waals surface area contributed by atoms with E-state index in [0.717, 1.165) is 48.0 Å². The van der Waals surface area contributed by atoms with Crippen molar-refractivity contribution in [2.45, 2.75) is 25.8 Å². The lowest BCUT2D eigenvalue weighted by atomic mass is 10.1. The molecule has 0 N–H and O–H groups in total. The van der Waals surface area contributed by atoms with E-state index in [1.807, 2.05) is 36.4 Å². The van der Waals surface area contributed by atoms with E-state index in [9.17, 15) is 0 Å². The zero-order chi connectivity index (χ0) is 18.2. The van der Waals surface area contributed by atoms with Gasteiger partial charge < -0.3 is 4.90 Å². The molecule has 2 fully saturated rings. The molecule has 1 aromatic carbocycles. The van der Waals surface area contributed by atoms with E-state index < -0.39 is 0 Å². The molecule has 0 spiro atoms. The Balaban J connectivity index is 1.36. The van der Waals surface area contributed by atoms with Crippen LogP contribution in [0.5, 0.6) is 0 Å². The van der Waals surface area contributed by atoms with E-state index in [1.165, 1.54) is 19.4 Å². The highest BCUT2D eigenvalue weighted by molar-refractivity contribution is 5.64. The van der Waals surface area contributed by atoms with Gasteiger partial charge in [0.25, 0.3) is 0 Å². The van der Waals surface area contributed by atoms with Crippen molar-refractivity contribution in [3.63, 3.8) is 0 Å². The lowest BCUT2D eigenvalue weighted by Gasteiger charge is -2.37. The molecule has 1 unspecified atom stereocenters. The molecule has 27 heavy (non-hydrogen) atoms. The molecule has 5 rings (SSSR count). The minimum Gasteiger partial charge on any atom is -0.338 e. The molecule has 0 saturated carbocycles. The van der Waals surface area contributed by atoms with Crippen LogP contribution in [-0.4, -0.2) is 56.9 Å². The molecule has 0 amide bonds. The molecule has 6 heteroatoms. The highest BCUT2D eigenvalue weighted by atomic mass is 15.3. The molecular formula is C21H24N6. The minimum atomic E-state index is 0.677. The summed E-state index contributed by atoms with van der Waals surface area (Å²) in [6.45, 7) is 6.49. The lowest BCUT2D eigenvalue weighted by molar-refractivity contribution is 0.229. The van der Waals surface area contributed by atoms with E-state index in [0.29, 0.717) is 6.04 Å². The number of aryl methyl sites for hydroxylation is 1. The highest BCUT2D eigenvalue weighted by Gasteiger charge is 2.31. The summed E-state index contributed by atoms with van der Waals surface area (Å²) in [6.07, 6.45) is 10.4. The largest absolute Gasteiger partial charge is 0.338 e. The monoisotopic (exact) mass is 360 g/mol. The average molecular weight is 360 g/mol. The van der Waals surface area contributed by atoms with Crippen LogP contribution in [0.2, 0.25) is 0 Å². The Hall–Kier alpha value is -2.73. The summed E-state index contributed by atoms with van der Waals surface area (Å²) in [4.78, 5) is 14.3. The number of benzene rings is 1. The van der Waals surface area contributed by atoms with Gasteiger partial charge in [0, 0.05) is 49.8 Å². The summed E-state index contributed by atoms with van der Waals surface area (Å²) >= 11 is 0. The van der Waals surface area contributed by atoms with E-state index in [-0.39, 0.29) is 0 Å². The third-order valence-electron chi connectivity index (χ3n) is 5.66. The number of hydrogen-bond acceptors (Lipinski definition) is 5. The van der Waals surface area contributed by atoms with Gasteiger partial charge in [0.1, 0.15) is 0 Å². The van der Waals surface area contributed by atoms with Crippen molar-refractivity contribution >= 4 is 5.95 Å². The normalized spacial score (nSPS) is 20.0. The molecule has 2 aromatic heterocycles. The summed E-state index contributed by atoms with van der Waals surface area (Å²) in [5.74, 6) is 0.851. The fourth-order valence-electron chi connectivity index (χ4n) is 4.19. The molecule has 0 radical (unpaired) electrons. The maximum absolute atomic E-state index is 4.67. The number of fused-ring (bicyclic) bond motifs is 1. The summed E-state index contributed by atoms with van der Waals surface area (Å²) in [6, 6.07) is 9.01. The number of piperazine rings is 1. The van der Waals surface area contributed by atoms with Crippen molar-refractivity contribution in [1.29, 1.82) is 0 Å². The summed E-state index contributed by atoms with van der Waals surface area (Å²) in [5, 5.41) is 4.40. The van der Waals surface area contributed by atoms with Crippen LogP contribution < -0.4 is 4.90 Å². The van der Waals surface area contributed by atoms with Crippen LogP contribution in [0.25, 0.3) is 16.8 Å². The number of hydrogen-bond donors (Lipinski definition) is 0. The predicted octanol–water partition coefficient (Wildman–Crippen LogP) is 2.92. The Morgan fingerprint density at radius 3 is 2.70 bits per heavy atom. The second-order valence-electron chi connectivity index (χ2n) is 7.56.